The van der Waals surface area contributed by atoms with Gasteiger partial charge < -0.3 is 15.4 Å². The van der Waals surface area contributed by atoms with Gasteiger partial charge in [0.1, 0.15) is 17.7 Å². The molecule has 2 heterocycles. The lowest BCUT2D eigenvalue weighted by Crippen LogP contribution is -2.46. The van der Waals surface area contributed by atoms with Gasteiger partial charge in [-0.2, -0.15) is 4.31 Å². The zero-order valence-electron chi connectivity index (χ0n) is 16.8. The maximum Gasteiger partial charge on any atom is 0.323 e. The molecule has 1 aliphatic rings. The van der Waals surface area contributed by atoms with Crippen LogP contribution < -0.4 is 15.4 Å². The number of anilines is 2. The van der Waals surface area contributed by atoms with Gasteiger partial charge in [-0.3, -0.25) is 4.98 Å². The lowest BCUT2D eigenvalue weighted by Gasteiger charge is -2.33. The number of urea groups is 1. The van der Waals surface area contributed by atoms with E-state index in [1.165, 1.54) is 28.7 Å². The van der Waals surface area contributed by atoms with Crippen molar-refractivity contribution >= 4 is 27.4 Å². The average Bonchev–Trinajstić information content (AvgIpc) is 2.68. The summed E-state index contributed by atoms with van der Waals surface area (Å²) >= 11 is 0. The first-order valence-corrected chi connectivity index (χ1v) is 11.2. The minimum atomic E-state index is -3.38. The van der Waals surface area contributed by atoms with Gasteiger partial charge in [-0.05, 0) is 44.9 Å². The lowest BCUT2D eigenvalue weighted by atomic mass is 10.1. The van der Waals surface area contributed by atoms with Crippen LogP contribution >= 0.6 is 0 Å². The number of pyridine rings is 1. The van der Waals surface area contributed by atoms with Crippen molar-refractivity contribution < 1.29 is 22.3 Å². The topological polar surface area (TPSA) is 101 Å². The molecule has 0 aliphatic carbocycles. The molecule has 162 valence electrons. The number of sulfonamides is 1. The highest BCUT2D eigenvalue weighted by Gasteiger charge is 2.32. The SMILES string of the molecule is CC(C)S(=O)(=O)N1CCC[C@@H](Oc2cc(F)cc(NC(=O)Nc3cccnc3)c2)C1. The second kappa shape index (κ2) is 9.40. The van der Waals surface area contributed by atoms with Crippen LogP contribution in [0.4, 0.5) is 20.6 Å². The van der Waals surface area contributed by atoms with Crippen molar-refractivity contribution in [1.82, 2.24) is 9.29 Å². The predicted octanol–water partition coefficient (Wildman–Crippen LogP) is 3.45. The number of aromatic nitrogens is 1. The molecule has 2 aromatic rings. The van der Waals surface area contributed by atoms with E-state index in [2.05, 4.69) is 15.6 Å². The smallest absolute Gasteiger partial charge is 0.323 e. The van der Waals surface area contributed by atoms with Crippen LogP contribution in [0, 0.1) is 5.82 Å². The number of rotatable bonds is 6. The van der Waals surface area contributed by atoms with Crippen LogP contribution in [0.2, 0.25) is 0 Å². The second-order valence-corrected chi connectivity index (χ2v) is 9.82. The Kier molecular flexibility index (Phi) is 6.88. The molecule has 1 atom stereocenters. The van der Waals surface area contributed by atoms with Gasteiger partial charge in [0.05, 0.1) is 23.7 Å². The average molecular weight is 437 g/mol. The minimum Gasteiger partial charge on any atom is -0.489 e. The number of ether oxygens (including phenoxy) is 1. The van der Waals surface area contributed by atoms with E-state index in [1.54, 1.807) is 32.2 Å². The minimum absolute atomic E-state index is 0.210. The summed E-state index contributed by atoms with van der Waals surface area (Å²) in [6.07, 6.45) is 3.99. The molecule has 2 N–H and O–H groups in total. The highest BCUT2D eigenvalue weighted by Crippen LogP contribution is 2.25. The molecule has 0 saturated carbocycles. The van der Waals surface area contributed by atoms with Crippen LogP contribution in [0.3, 0.4) is 0 Å². The first-order chi connectivity index (χ1) is 14.2. The van der Waals surface area contributed by atoms with E-state index in [0.717, 1.165) is 0 Å². The molecular formula is C20H25FN4O4S. The summed E-state index contributed by atoms with van der Waals surface area (Å²) in [6, 6.07) is 6.68. The van der Waals surface area contributed by atoms with Crippen LogP contribution in [-0.4, -0.2) is 48.2 Å². The van der Waals surface area contributed by atoms with Crippen LogP contribution in [0.25, 0.3) is 0 Å². The normalized spacial score (nSPS) is 17.5. The third kappa shape index (κ3) is 5.67. The van der Waals surface area contributed by atoms with Gasteiger partial charge in [0.25, 0.3) is 0 Å². The van der Waals surface area contributed by atoms with Crippen LogP contribution in [0.1, 0.15) is 26.7 Å². The maximum absolute atomic E-state index is 14.1. The van der Waals surface area contributed by atoms with E-state index >= 15 is 0 Å². The van der Waals surface area contributed by atoms with E-state index in [0.29, 0.717) is 25.1 Å². The fourth-order valence-corrected chi connectivity index (χ4v) is 4.51. The number of nitrogens with zero attached hydrogens (tertiary/aromatic N) is 2. The third-order valence-electron chi connectivity index (χ3n) is 4.65. The summed E-state index contributed by atoms with van der Waals surface area (Å²) in [5.41, 5.74) is 0.713. The summed E-state index contributed by atoms with van der Waals surface area (Å²) in [7, 11) is -3.38. The van der Waals surface area contributed by atoms with Gasteiger partial charge in [0.15, 0.2) is 0 Å². The molecule has 10 heteroatoms. The Bertz CT molecular complexity index is 986. The molecule has 0 radical (unpaired) electrons. The van der Waals surface area contributed by atoms with Crippen LogP contribution in [0.5, 0.6) is 5.75 Å². The van der Waals surface area contributed by atoms with Gasteiger partial charge in [0, 0.05) is 30.6 Å². The zero-order chi connectivity index (χ0) is 21.7. The highest BCUT2D eigenvalue weighted by molar-refractivity contribution is 7.89. The number of amides is 2. The molecule has 1 aromatic heterocycles. The molecule has 1 aliphatic heterocycles. The Hall–Kier alpha value is -2.72. The van der Waals surface area contributed by atoms with Crippen molar-refractivity contribution in [2.24, 2.45) is 0 Å². The van der Waals surface area contributed by atoms with Crippen molar-refractivity contribution in [1.29, 1.82) is 0 Å². The Labute approximate surface area is 175 Å². The molecule has 0 unspecified atom stereocenters. The second-order valence-electron chi connectivity index (χ2n) is 7.33. The van der Waals surface area contributed by atoms with E-state index in [1.807, 2.05) is 0 Å². The van der Waals surface area contributed by atoms with Crippen molar-refractivity contribution in [2.75, 3.05) is 23.7 Å². The van der Waals surface area contributed by atoms with Crippen molar-refractivity contribution in [3.8, 4) is 5.75 Å². The van der Waals surface area contributed by atoms with Gasteiger partial charge in [-0.15, -0.1) is 0 Å². The number of nitrogens with one attached hydrogen (secondary N) is 2. The van der Waals surface area contributed by atoms with E-state index < -0.39 is 33.2 Å². The number of halogens is 1. The summed E-state index contributed by atoms with van der Waals surface area (Å²) in [4.78, 5) is 16.0. The molecule has 30 heavy (non-hydrogen) atoms. The number of hydrogen-bond donors (Lipinski definition) is 2. The molecule has 1 saturated heterocycles. The highest BCUT2D eigenvalue weighted by atomic mass is 32.2. The van der Waals surface area contributed by atoms with Crippen molar-refractivity contribution in [2.45, 2.75) is 38.0 Å². The molecule has 0 bridgehead atoms. The fraction of sp³-hybridized carbons (Fsp3) is 0.400. The molecule has 3 rings (SSSR count). The summed E-state index contributed by atoms with van der Waals surface area (Å²) in [5, 5.41) is 4.63. The largest absolute Gasteiger partial charge is 0.489 e. The van der Waals surface area contributed by atoms with E-state index in [4.69, 9.17) is 4.74 Å². The Morgan fingerprint density at radius 1 is 1.27 bits per heavy atom. The predicted molar refractivity (Wildman–Crippen MR) is 113 cm³/mol. The lowest BCUT2D eigenvalue weighted by molar-refractivity contribution is 0.129. The monoisotopic (exact) mass is 436 g/mol. The molecule has 8 nitrogen and oxygen atoms in total. The maximum atomic E-state index is 14.1. The standard InChI is InChI=1S/C20H25FN4O4S/c1-14(2)30(27,28)25-8-4-6-18(13-25)29-19-10-15(21)9-17(11-19)24-20(26)23-16-5-3-7-22-12-16/h3,5,7,9-12,14,18H,4,6,8,13H2,1-2H3,(H2,23,24,26)/t18-/m1/s1. The van der Waals surface area contributed by atoms with Gasteiger partial charge in [-0.25, -0.2) is 17.6 Å². The Morgan fingerprint density at radius 2 is 2.03 bits per heavy atom. The number of carbonyl (C=O) groups is 1. The van der Waals surface area contributed by atoms with Crippen molar-refractivity contribution in [3.63, 3.8) is 0 Å². The first kappa shape index (κ1) is 22.0. The number of hydrogen-bond acceptors (Lipinski definition) is 5. The summed E-state index contributed by atoms with van der Waals surface area (Å²) < 4.78 is 46.2. The van der Waals surface area contributed by atoms with E-state index in [9.17, 15) is 17.6 Å². The molecule has 2 amide bonds. The van der Waals surface area contributed by atoms with Gasteiger partial charge >= 0.3 is 6.03 Å². The van der Waals surface area contributed by atoms with Crippen LogP contribution in [-0.2, 0) is 10.0 Å². The first-order valence-electron chi connectivity index (χ1n) is 9.68. The molecular weight excluding hydrogens is 411 g/mol. The Morgan fingerprint density at radius 3 is 2.73 bits per heavy atom. The molecule has 0 spiro atoms. The summed E-state index contributed by atoms with van der Waals surface area (Å²) in [5.74, 6) is -0.355. The van der Waals surface area contributed by atoms with Gasteiger partial charge in [-0.1, -0.05) is 0 Å². The summed E-state index contributed by atoms with van der Waals surface area (Å²) in [6.45, 7) is 3.94. The number of benzene rings is 1. The quantitative estimate of drug-likeness (QED) is 0.722. The fourth-order valence-electron chi connectivity index (χ4n) is 3.16. The molecule has 1 aromatic carbocycles. The van der Waals surface area contributed by atoms with Gasteiger partial charge in [0.2, 0.25) is 10.0 Å². The van der Waals surface area contributed by atoms with Crippen molar-refractivity contribution in [3.05, 3.63) is 48.5 Å². The Balaban J connectivity index is 1.65. The van der Waals surface area contributed by atoms with E-state index in [-0.39, 0.29) is 18.0 Å². The third-order valence-corrected chi connectivity index (χ3v) is 6.89. The zero-order valence-corrected chi connectivity index (χ0v) is 17.7. The number of piperidine rings is 1. The van der Waals surface area contributed by atoms with Crippen LogP contribution in [0.15, 0.2) is 42.7 Å². The number of carbonyl (C=O) groups excluding carboxylic acids is 1. The molecule has 1 fully saturated rings.